The zero-order chi connectivity index (χ0) is 20.6. The summed E-state index contributed by atoms with van der Waals surface area (Å²) in [5.41, 5.74) is 1.74. The Labute approximate surface area is 170 Å². The molecule has 1 amide bonds. The number of para-hydroxylation sites is 1. The van der Waals surface area contributed by atoms with Crippen LogP contribution in [0.25, 0.3) is 0 Å². The summed E-state index contributed by atoms with van der Waals surface area (Å²) in [5.74, 6) is -0.645. The summed E-state index contributed by atoms with van der Waals surface area (Å²) in [5, 5.41) is 11.5. The van der Waals surface area contributed by atoms with Crippen LogP contribution in [0.3, 0.4) is 0 Å². The third-order valence-corrected chi connectivity index (χ3v) is 5.93. The van der Waals surface area contributed by atoms with Crippen molar-refractivity contribution in [3.05, 3.63) is 64.7 Å². The number of aliphatic hydroxyl groups is 1. The summed E-state index contributed by atoms with van der Waals surface area (Å²) in [7, 11) is 0. The Morgan fingerprint density at radius 1 is 1.17 bits per heavy atom. The van der Waals surface area contributed by atoms with E-state index in [2.05, 4.69) is 0 Å². The molecule has 2 aromatic rings. The fraction of sp³-hybridized carbons (Fsp3) is 0.391. The van der Waals surface area contributed by atoms with Crippen LogP contribution in [0.5, 0.6) is 0 Å². The second-order valence-corrected chi connectivity index (χ2v) is 8.05. The van der Waals surface area contributed by atoms with Gasteiger partial charge in [-0.05, 0) is 31.5 Å². The Bertz CT molecular complexity index is 952. The molecule has 2 aromatic carbocycles. The lowest BCUT2D eigenvalue weighted by Crippen LogP contribution is -3.15. The fourth-order valence-electron chi connectivity index (χ4n) is 4.24. The van der Waals surface area contributed by atoms with Crippen LogP contribution in [0, 0.1) is 13.8 Å². The number of benzene rings is 2. The zero-order valence-electron chi connectivity index (χ0n) is 16.9. The molecule has 0 spiro atoms. The van der Waals surface area contributed by atoms with Gasteiger partial charge in [0.25, 0.3) is 5.91 Å². The highest BCUT2D eigenvalue weighted by Crippen LogP contribution is 2.42. The van der Waals surface area contributed by atoms with E-state index in [1.165, 1.54) is 4.90 Å². The van der Waals surface area contributed by atoms with Crippen molar-refractivity contribution in [2.24, 2.45) is 0 Å². The number of fused-ring (bicyclic) bond motifs is 1. The van der Waals surface area contributed by atoms with Crippen LogP contribution in [0.4, 0.5) is 5.69 Å². The third-order valence-electron chi connectivity index (χ3n) is 5.93. The number of morpholine rings is 1. The minimum absolute atomic E-state index is 0.225. The highest BCUT2D eigenvalue weighted by molar-refractivity contribution is 6.10. The second kappa shape index (κ2) is 7.71. The van der Waals surface area contributed by atoms with E-state index >= 15 is 0 Å². The zero-order valence-corrected chi connectivity index (χ0v) is 16.9. The molecule has 1 atom stereocenters. The summed E-state index contributed by atoms with van der Waals surface area (Å²) in [6.45, 7) is 7.20. The van der Waals surface area contributed by atoms with Gasteiger partial charge in [-0.2, -0.15) is 0 Å². The molecule has 2 N–H and O–H groups in total. The van der Waals surface area contributed by atoms with Crippen LogP contribution in [0.2, 0.25) is 0 Å². The van der Waals surface area contributed by atoms with E-state index in [9.17, 15) is 14.7 Å². The predicted molar refractivity (Wildman–Crippen MR) is 109 cm³/mol. The average molecular weight is 395 g/mol. The van der Waals surface area contributed by atoms with Gasteiger partial charge in [0.15, 0.2) is 18.1 Å². The number of aryl methyl sites for hydroxylation is 2. The lowest BCUT2D eigenvalue weighted by atomic mass is 9.87. The maximum atomic E-state index is 13.4. The number of carbonyl (C=O) groups is 2. The first kappa shape index (κ1) is 19.8. The van der Waals surface area contributed by atoms with Crippen LogP contribution < -0.4 is 9.80 Å². The van der Waals surface area contributed by atoms with Crippen LogP contribution in [-0.4, -0.2) is 49.8 Å². The van der Waals surface area contributed by atoms with Gasteiger partial charge >= 0.3 is 0 Å². The van der Waals surface area contributed by atoms with Crippen molar-refractivity contribution in [1.29, 1.82) is 0 Å². The number of anilines is 1. The second-order valence-electron chi connectivity index (χ2n) is 8.05. The van der Waals surface area contributed by atoms with Gasteiger partial charge in [0, 0.05) is 11.1 Å². The number of amides is 1. The molecule has 6 nitrogen and oxygen atoms in total. The molecule has 1 fully saturated rings. The van der Waals surface area contributed by atoms with E-state index in [-0.39, 0.29) is 12.2 Å². The van der Waals surface area contributed by atoms with Gasteiger partial charge in [-0.15, -0.1) is 0 Å². The Morgan fingerprint density at radius 2 is 1.90 bits per heavy atom. The Hall–Kier alpha value is -2.54. The first-order chi connectivity index (χ1) is 13.9. The molecule has 2 aliphatic rings. The number of hydrogen-bond acceptors (Lipinski definition) is 4. The van der Waals surface area contributed by atoms with Crippen molar-refractivity contribution in [2.45, 2.75) is 25.9 Å². The number of Topliss-reactive ketones (excluding diaryl/α,β-unsaturated/α-hetero) is 1. The van der Waals surface area contributed by atoms with Crippen molar-refractivity contribution in [1.82, 2.24) is 0 Å². The standard InChI is InChI=1S/C23H26N2O4/c1-16-7-8-17(2)18(13-16)21(26)14-23(28)19-5-3-4-6-20(19)25(22(23)27)15-24-9-11-29-12-10-24/h3-8,13,28H,9-12,14-15H2,1-2H3/p+1/t23-/m0/s1. The Kier molecular flexibility index (Phi) is 5.25. The third kappa shape index (κ3) is 3.59. The first-order valence-electron chi connectivity index (χ1n) is 10.1. The quantitative estimate of drug-likeness (QED) is 0.741. The van der Waals surface area contributed by atoms with E-state index in [1.54, 1.807) is 17.0 Å². The minimum atomic E-state index is -1.84. The number of rotatable bonds is 5. The molecular formula is C23H27N2O4+. The Morgan fingerprint density at radius 3 is 2.66 bits per heavy atom. The molecule has 0 aromatic heterocycles. The Balaban J connectivity index is 1.64. The summed E-state index contributed by atoms with van der Waals surface area (Å²) < 4.78 is 5.41. The van der Waals surface area contributed by atoms with Gasteiger partial charge in [-0.25, -0.2) is 0 Å². The normalized spacial score (nSPS) is 22.0. The number of nitrogens with one attached hydrogen (secondary N) is 1. The highest BCUT2D eigenvalue weighted by atomic mass is 16.5. The number of carbonyl (C=O) groups excluding carboxylic acids is 2. The molecule has 6 heteroatoms. The molecule has 0 saturated carbocycles. The van der Waals surface area contributed by atoms with Crippen molar-refractivity contribution in [3.8, 4) is 0 Å². The van der Waals surface area contributed by atoms with Gasteiger partial charge in [0.2, 0.25) is 0 Å². The van der Waals surface area contributed by atoms with E-state index in [0.29, 0.717) is 36.7 Å². The predicted octanol–water partition coefficient (Wildman–Crippen LogP) is 0.983. The molecule has 29 heavy (non-hydrogen) atoms. The monoisotopic (exact) mass is 395 g/mol. The molecule has 152 valence electrons. The molecular weight excluding hydrogens is 368 g/mol. The van der Waals surface area contributed by atoms with Gasteiger partial charge in [0.05, 0.1) is 25.3 Å². The van der Waals surface area contributed by atoms with Gasteiger partial charge in [-0.3, -0.25) is 14.5 Å². The lowest BCUT2D eigenvalue weighted by Gasteiger charge is -2.29. The van der Waals surface area contributed by atoms with Crippen LogP contribution >= 0.6 is 0 Å². The van der Waals surface area contributed by atoms with E-state index in [1.807, 2.05) is 44.2 Å². The molecule has 1 saturated heterocycles. The van der Waals surface area contributed by atoms with Gasteiger partial charge in [0.1, 0.15) is 13.1 Å². The van der Waals surface area contributed by atoms with Crippen molar-refractivity contribution < 1.29 is 24.3 Å². The van der Waals surface area contributed by atoms with Crippen molar-refractivity contribution >= 4 is 17.4 Å². The molecule has 2 heterocycles. The minimum Gasteiger partial charge on any atom is -0.375 e. The SMILES string of the molecule is Cc1ccc(C)c(C(=O)C[C@@]2(O)C(=O)N(C[NH+]3CCOCC3)c3ccccc32)c1. The number of ketones is 1. The average Bonchev–Trinajstić information content (AvgIpc) is 2.92. The van der Waals surface area contributed by atoms with Gasteiger partial charge in [-0.1, -0.05) is 35.9 Å². The molecule has 0 bridgehead atoms. The van der Waals surface area contributed by atoms with Crippen molar-refractivity contribution in [3.63, 3.8) is 0 Å². The number of nitrogens with zero attached hydrogens (tertiary/aromatic N) is 1. The van der Waals surface area contributed by atoms with Gasteiger partial charge < -0.3 is 14.7 Å². The fourth-order valence-corrected chi connectivity index (χ4v) is 4.24. The molecule has 0 aliphatic carbocycles. The summed E-state index contributed by atoms with van der Waals surface area (Å²) in [6.07, 6.45) is -0.262. The largest absolute Gasteiger partial charge is 0.375 e. The first-order valence-corrected chi connectivity index (χ1v) is 10.1. The smallest absolute Gasteiger partial charge is 0.268 e. The maximum Gasteiger partial charge on any atom is 0.268 e. The summed E-state index contributed by atoms with van der Waals surface area (Å²) >= 11 is 0. The number of quaternary nitrogens is 1. The van der Waals surface area contributed by atoms with Crippen molar-refractivity contribution in [2.75, 3.05) is 37.9 Å². The highest BCUT2D eigenvalue weighted by Gasteiger charge is 2.51. The maximum absolute atomic E-state index is 13.4. The molecule has 0 unspecified atom stereocenters. The topological polar surface area (TPSA) is 71.3 Å². The molecule has 2 aliphatic heterocycles. The van der Waals surface area contributed by atoms with Crippen LogP contribution in [0.1, 0.15) is 33.5 Å². The van der Waals surface area contributed by atoms with E-state index in [0.717, 1.165) is 24.2 Å². The summed E-state index contributed by atoms with van der Waals surface area (Å²) in [6, 6.07) is 12.9. The van der Waals surface area contributed by atoms with Crippen LogP contribution in [-0.2, 0) is 15.1 Å². The number of hydrogen-bond donors (Lipinski definition) is 2. The summed E-state index contributed by atoms with van der Waals surface area (Å²) in [4.78, 5) is 29.3. The van der Waals surface area contributed by atoms with Crippen LogP contribution in [0.15, 0.2) is 42.5 Å². The van der Waals surface area contributed by atoms with E-state index in [4.69, 9.17) is 4.74 Å². The number of ether oxygens (including phenoxy) is 1. The lowest BCUT2D eigenvalue weighted by molar-refractivity contribution is -0.906. The molecule has 0 radical (unpaired) electrons. The molecule has 4 rings (SSSR count). The van der Waals surface area contributed by atoms with E-state index < -0.39 is 11.5 Å².